The van der Waals surface area contributed by atoms with Crippen molar-refractivity contribution in [1.82, 2.24) is 10.2 Å². The molecule has 304 valence electrons. The highest BCUT2D eigenvalue weighted by atomic mass is 35.5. The smallest absolute Gasteiger partial charge is 0.326 e. The minimum atomic E-state index is -1.28. The highest BCUT2D eigenvalue weighted by Gasteiger charge is 2.41. The number of carbonyl (C=O) groups excluding carboxylic acids is 3. The van der Waals surface area contributed by atoms with Gasteiger partial charge in [-0.05, 0) is 94.8 Å². The minimum Gasteiger partial charge on any atom is -0.489 e. The molecule has 60 heavy (non-hydrogen) atoms. The third-order valence-corrected chi connectivity index (χ3v) is 11.6. The number of nitrogens with one attached hydrogen (secondary N) is 2. The van der Waals surface area contributed by atoms with E-state index in [1.165, 1.54) is 4.90 Å². The first-order chi connectivity index (χ1) is 29.0. The van der Waals surface area contributed by atoms with E-state index in [1.807, 2.05) is 30.3 Å². The molecule has 3 aliphatic heterocycles. The Morgan fingerprint density at radius 3 is 2.30 bits per heavy atom. The lowest BCUT2D eigenvalue weighted by Gasteiger charge is -2.38. The maximum absolute atomic E-state index is 14.1. The number of hydrogen-bond donors (Lipinski definition) is 3. The van der Waals surface area contributed by atoms with Crippen LogP contribution in [0.5, 0.6) is 11.5 Å². The molecule has 1 unspecified atom stereocenters. The first kappa shape index (κ1) is 40.4. The number of amides is 3. The standard InChI is InChI=1S/C46H38Cl2N4O8/c47-35-16-7-28(18-36(35)48)25-59-34-14-12-31(13-15-34)42-44(54)50-37-20-32-21-39(52(24-33(32)22-41(37)60-42)45(55)40-2-1-17-58-40)43(53)51-38(46(56)57)19-26-3-8-29(9-4-26)30-10-5-27(23-49)6-11-30/h3-16,18,20,22,38-40,42H,1-2,17,19,21,24-25H2,(H,50,54)(H,51,53)(H,56,57)/t38?,39-,40-,42-/m0/s1. The van der Waals surface area contributed by atoms with Gasteiger partial charge in [-0.15, -0.1) is 0 Å². The number of rotatable bonds is 11. The van der Waals surface area contributed by atoms with Crippen molar-refractivity contribution in [1.29, 1.82) is 5.26 Å². The highest BCUT2D eigenvalue weighted by molar-refractivity contribution is 6.42. The summed E-state index contributed by atoms with van der Waals surface area (Å²) in [6.45, 7) is 0.734. The topological polar surface area (TPSA) is 167 Å². The zero-order valence-corrected chi connectivity index (χ0v) is 33.5. The Hall–Kier alpha value is -6.39. The average Bonchev–Trinajstić information content (AvgIpc) is 3.81. The Morgan fingerprint density at radius 1 is 0.917 bits per heavy atom. The summed E-state index contributed by atoms with van der Waals surface area (Å²) in [5.41, 5.74) is 6.32. The van der Waals surface area contributed by atoms with Crippen LogP contribution in [0.3, 0.4) is 0 Å². The summed E-state index contributed by atoms with van der Waals surface area (Å²) < 4.78 is 17.9. The number of carboxylic acids is 1. The van der Waals surface area contributed by atoms with Crippen molar-refractivity contribution in [3.05, 3.63) is 147 Å². The first-order valence-electron chi connectivity index (χ1n) is 19.4. The fourth-order valence-electron chi connectivity index (χ4n) is 7.64. The number of hydrogen-bond acceptors (Lipinski definition) is 8. The van der Waals surface area contributed by atoms with Crippen LogP contribution in [0.15, 0.2) is 103 Å². The number of halogens is 2. The largest absolute Gasteiger partial charge is 0.489 e. The minimum absolute atomic E-state index is 0.00421. The van der Waals surface area contributed by atoms with Crippen LogP contribution in [0.2, 0.25) is 10.0 Å². The number of fused-ring (bicyclic) bond motifs is 2. The van der Waals surface area contributed by atoms with Crippen molar-refractivity contribution in [2.45, 2.75) is 63.1 Å². The van der Waals surface area contributed by atoms with Crippen LogP contribution in [0.25, 0.3) is 11.1 Å². The van der Waals surface area contributed by atoms with Crippen molar-refractivity contribution in [3.8, 4) is 28.7 Å². The van der Waals surface area contributed by atoms with Crippen LogP contribution in [-0.2, 0) is 49.9 Å². The van der Waals surface area contributed by atoms with E-state index < -0.39 is 36.2 Å². The molecule has 3 N–H and O–H groups in total. The third-order valence-electron chi connectivity index (χ3n) is 10.9. The first-order valence-corrected chi connectivity index (χ1v) is 20.1. The molecule has 0 bridgehead atoms. The second kappa shape index (κ2) is 17.5. The maximum atomic E-state index is 14.1. The molecule has 4 atom stereocenters. The van der Waals surface area contributed by atoms with E-state index in [0.29, 0.717) is 68.9 Å². The molecule has 0 aromatic heterocycles. The molecule has 0 saturated carbocycles. The summed E-state index contributed by atoms with van der Waals surface area (Å²) >= 11 is 12.1. The highest BCUT2D eigenvalue weighted by Crippen LogP contribution is 2.40. The van der Waals surface area contributed by atoms with E-state index in [1.54, 1.807) is 72.8 Å². The maximum Gasteiger partial charge on any atom is 0.326 e. The third kappa shape index (κ3) is 8.79. The van der Waals surface area contributed by atoms with Crippen LogP contribution >= 0.6 is 23.2 Å². The molecule has 5 aromatic carbocycles. The molecule has 12 nitrogen and oxygen atoms in total. The van der Waals surface area contributed by atoms with Gasteiger partial charge in [0, 0.05) is 31.6 Å². The van der Waals surface area contributed by atoms with Crippen LogP contribution in [-0.4, -0.2) is 58.5 Å². The Balaban J connectivity index is 0.974. The van der Waals surface area contributed by atoms with Crippen molar-refractivity contribution in [2.75, 3.05) is 11.9 Å². The fraction of sp³-hybridized carbons (Fsp3) is 0.239. The fourth-order valence-corrected chi connectivity index (χ4v) is 7.96. The predicted molar refractivity (Wildman–Crippen MR) is 223 cm³/mol. The lowest BCUT2D eigenvalue weighted by molar-refractivity contribution is -0.150. The number of carbonyl (C=O) groups is 4. The van der Waals surface area contributed by atoms with Crippen LogP contribution in [0.4, 0.5) is 5.69 Å². The van der Waals surface area contributed by atoms with Gasteiger partial charge in [0.25, 0.3) is 11.8 Å². The predicted octanol–water partition coefficient (Wildman–Crippen LogP) is 7.43. The number of carboxylic acid groups (broad SMARTS) is 1. The lowest BCUT2D eigenvalue weighted by Crippen LogP contribution is -2.57. The van der Waals surface area contributed by atoms with Gasteiger partial charge in [0.1, 0.15) is 36.3 Å². The lowest BCUT2D eigenvalue weighted by atomic mass is 9.91. The zero-order valence-electron chi connectivity index (χ0n) is 32.0. The second-order valence-electron chi connectivity index (χ2n) is 14.9. The molecule has 0 spiro atoms. The number of ether oxygens (including phenoxy) is 3. The number of anilines is 1. The number of nitriles is 1. The van der Waals surface area contributed by atoms with Crippen molar-refractivity contribution < 1.29 is 38.5 Å². The van der Waals surface area contributed by atoms with E-state index in [-0.39, 0.29) is 37.8 Å². The molecule has 5 aromatic rings. The Morgan fingerprint density at radius 2 is 1.63 bits per heavy atom. The molecule has 0 aliphatic carbocycles. The van der Waals surface area contributed by atoms with Crippen molar-refractivity contribution in [3.63, 3.8) is 0 Å². The number of aliphatic carboxylic acids is 1. The van der Waals surface area contributed by atoms with Gasteiger partial charge in [0.05, 0.1) is 27.4 Å². The molecule has 3 heterocycles. The Bertz CT molecular complexity index is 2500. The van der Waals surface area contributed by atoms with Crippen LogP contribution in [0.1, 0.15) is 52.3 Å². The zero-order chi connectivity index (χ0) is 41.9. The molecular weight excluding hydrogens is 807 g/mol. The molecule has 1 saturated heterocycles. The van der Waals surface area contributed by atoms with Gasteiger partial charge in [-0.2, -0.15) is 5.26 Å². The van der Waals surface area contributed by atoms with Gasteiger partial charge in [0.2, 0.25) is 12.0 Å². The summed E-state index contributed by atoms with van der Waals surface area (Å²) in [6, 6.07) is 30.0. The molecular formula is C46H38Cl2N4O8. The van der Waals surface area contributed by atoms with Crippen molar-refractivity contribution in [2.24, 2.45) is 0 Å². The van der Waals surface area contributed by atoms with Gasteiger partial charge in [-0.25, -0.2) is 4.79 Å². The quantitative estimate of drug-likeness (QED) is 0.123. The Labute approximate surface area is 355 Å². The average molecular weight is 846 g/mol. The molecule has 8 rings (SSSR count). The van der Waals surface area contributed by atoms with Gasteiger partial charge in [-0.3, -0.25) is 14.4 Å². The summed E-state index contributed by atoms with van der Waals surface area (Å²) in [7, 11) is 0. The van der Waals surface area contributed by atoms with Crippen LogP contribution in [0, 0.1) is 11.3 Å². The van der Waals surface area contributed by atoms with E-state index in [9.17, 15) is 24.3 Å². The molecule has 1 fully saturated rings. The monoisotopic (exact) mass is 844 g/mol. The summed E-state index contributed by atoms with van der Waals surface area (Å²) in [4.78, 5) is 55.4. The second-order valence-corrected chi connectivity index (χ2v) is 15.7. The van der Waals surface area contributed by atoms with E-state index in [0.717, 1.165) is 22.3 Å². The summed E-state index contributed by atoms with van der Waals surface area (Å²) in [5.74, 6) is -1.59. The van der Waals surface area contributed by atoms with Gasteiger partial charge in [0.15, 0.2) is 0 Å². The SMILES string of the molecule is N#Cc1ccc(-c2ccc(CC(NC(=O)[C@@H]3Cc4cc5c(cc4CN3C(=O)[C@@H]3CCCO3)O[C@@H](c3ccc(OCc4ccc(Cl)c(Cl)c4)cc3)C(=O)N5)C(=O)O)cc2)cc1. The van der Waals surface area contributed by atoms with E-state index in [4.69, 9.17) is 42.7 Å². The summed E-state index contributed by atoms with van der Waals surface area (Å²) in [5, 5.41) is 25.8. The van der Waals surface area contributed by atoms with Gasteiger partial charge < -0.3 is 34.9 Å². The van der Waals surface area contributed by atoms with Crippen molar-refractivity contribution >= 4 is 52.6 Å². The number of nitrogens with zero attached hydrogens (tertiary/aromatic N) is 2. The molecule has 3 amide bonds. The normalized spacial score (nSPS) is 18.5. The summed E-state index contributed by atoms with van der Waals surface area (Å²) in [6.07, 6.45) is -0.402. The van der Waals surface area contributed by atoms with Gasteiger partial charge in [-0.1, -0.05) is 77.8 Å². The van der Waals surface area contributed by atoms with Crippen LogP contribution < -0.4 is 20.1 Å². The van der Waals surface area contributed by atoms with E-state index >= 15 is 0 Å². The number of benzene rings is 5. The molecule has 3 aliphatic rings. The van der Waals surface area contributed by atoms with E-state index in [2.05, 4.69) is 16.7 Å². The molecule has 0 radical (unpaired) electrons. The van der Waals surface area contributed by atoms with Gasteiger partial charge >= 0.3 is 5.97 Å². The molecule has 14 heteroatoms. The Kier molecular flexibility index (Phi) is 11.7.